The molecule has 0 unspecified atom stereocenters. The van der Waals surface area contributed by atoms with Gasteiger partial charge in [-0.15, -0.1) is 0 Å². The van der Waals surface area contributed by atoms with Crippen LogP contribution in [0, 0.1) is 5.82 Å². The van der Waals surface area contributed by atoms with Crippen LogP contribution in [0.2, 0.25) is 0 Å². The van der Waals surface area contributed by atoms with E-state index in [1.165, 1.54) is 36.2 Å². The minimum Gasteiger partial charge on any atom is -0.312 e. The van der Waals surface area contributed by atoms with Crippen LogP contribution in [0.3, 0.4) is 0 Å². The molecule has 0 bridgehead atoms. The van der Waals surface area contributed by atoms with E-state index >= 15 is 0 Å². The van der Waals surface area contributed by atoms with Crippen molar-refractivity contribution in [2.24, 2.45) is 0 Å². The van der Waals surface area contributed by atoms with Crippen molar-refractivity contribution in [1.82, 2.24) is 15.3 Å². The molecule has 1 aliphatic heterocycles. The van der Waals surface area contributed by atoms with Crippen LogP contribution in [0.15, 0.2) is 22.7 Å². The minimum atomic E-state index is -0.268. The first kappa shape index (κ1) is 13.3. The maximum atomic E-state index is 13.6. The molecule has 1 N–H and O–H groups in total. The van der Waals surface area contributed by atoms with E-state index in [0.29, 0.717) is 16.2 Å². The van der Waals surface area contributed by atoms with E-state index in [1.807, 2.05) is 6.07 Å². The summed E-state index contributed by atoms with van der Waals surface area (Å²) in [6.07, 6.45) is 3.33. The van der Waals surface area contributed by atoms with Crippen LogP contribution >= 0.6 is 15.9 Å². The zero-order valence-electron chi connectivity index (χ0n) is 11.5. The van der Waals surface area contributed by atoms with Crippen molar-refractivity contribution < 1.29 is 4.39 Å². The van der Waals surface area contributed by atoms with Gasteiger partial charge in [0.2, 0.25) is 0 Å². The lowest BCUT2D eigenvalue weighted by molar-refractivity contribution is 0.616. The third-order valence-corrected chi connectivity index (χ3v) is 4.51. The van der Waals surface area contributed by atoms with Gasteiger partial charge < -0.3 is 5.32 Å². The second kappa shape index (κ2) is 5.14. The number of benzene rings is 1. The van der Waals surface area contributed by atoms with Crippen LogP contribution in [-0.2, 0) is 13.0 Å². The van der Waals surface area contributed by atoms with Crippen LogP contribution in [-0.4, -0.2) is 16.5 Å². The maximum absolute atomic E-state index is 13.6. The summed E-state index contributed by atoms with van der Waals surface area (Å²) in [6.45, 7) is 1.80. The highest BCUT2D eigenvalue weighted by molar-refractivity contribution is 9.10. The Hall–Kier alpha value is -1.33. The standard InChI is InChI=1S/C16H15BrFN3/c17-11-5-10(6-12(18)7-11)16-20-14-3-4-19-8-13(14)15(21-16)9-1-2-9/h5-7,9,19H,1-4,8H2. The van der Waals surface area contributed by atoms with E-state index in [2.05, 4.69) is 21.2 Å². The van der Waals surface area contributed by atoms with Gasteiger partial charge in [-0.3, -0.25) is 0 Å². The van der Waals surface area contributed by atoms with Crippen LogP contribution in [0.4, 0.5) is 4.39 Å². The fourth-order valence-corrected chi connectivity index (χ4v) is 3.34. The van der Waals surface area contributed by atoms with Crippen molar-refractivity contribution in [2.75, 3.05) is 6.54 Å². The molecule has 0 saturated heterocycles. The van der Waals surface area contributed by atoms with Crippen molar-refractivity contribution >= 4 is 15.9 Å². The van der Waals surface area contributed by atoms with E-state index in [0.717, 1.165) is 30.8 Å². The molecule has 0 spiro atoms. The van der Waals surface area contributed by atoms with Gasteiger partial charge in [0.1, 0.15) is 5.82 Å². The second-order valence-corrected chi connectivity index (χ2v) is 6.63. The molecular weight excluding hydrogens is 333 g/mol. The van der Waals surface area contributed by atoms with Crippen LogP contribution < -0.4 is 5.32 Å². The quantitative estimate of drug-likeness (QED) is 0.902. The number of hydrogen-bond donors (Lipinski definition) is 1. The second-order valence-electron chi connectivity index (χ2n) is 5.72. The van der Waals surface area contributed by atoms with E-state index in [1.54, 1.807) is 0 Å². The van der Waals surface area contributed by atoms with Crippen LogP contribution in [0.25, 0.3) is 11.4 Å². The molecule has 5 heteroatoms. The van der Waals surface area contributed by atoms with Crippen LogP contribution in [0.1, 0.15) is 35.7 Å². The lowest BCUT2D eigenvalue weighted by atomic mass is 10.0. The van der Waals surface area contributed by atoms with E-state index < -0.39 is 0 Å². The van der Waals surface area contributed by atoms with E-state index in [9.17, 15) is 4.39 Å². The molecule has 2 heterocycles. The highest BCUT2D eigenvalue weighted by atomic mass is 79.9. The third kappa shape index (κ3) is 2.60. The predicted molar refractivity (Wildman–Crippen MR) is 82.5 cm³/mol. The first-order valence-corrected chi connectivity index (χ1v) is 8.07. The summed E-state index contributed by atoms with van der Waals surface area (Å²) in [5, 5.41) is 3.39. The van der Waals surface area contributed by atoms with Crippen molar-refractivity contribution in [3.8, 4) is 11.4 Å². The molecule has 0 radical (unpaired) electrons. The summed E-state index contributed by atoms with van der Waals surface area (Å²) in [7, 11) is 0. The van der Waals surface area contributed by atoms with Gasteiger partial charge >= 0.3 is 0 Å². The normalized spacial score (nSPS) is 17.6. The minimum absolute atomic E-state index is 0.268. The summed E-state index contributed by atoms with van der Waals surface area (Å²) in [4.78, 5) is 9.46. The smallest absolute Gasteiger partial charge is 0.159 e. The Morgan fingerprint density at radius 3 is 2.81 bits per heavy atom. The first-order valence-electron chi connectivity index (χ1n) is 7.27. The first-order chi connectivity index (χ1) is 10.2. The Kier molecular flexibility index (Phi) is 3.27. The average molecular weight is 348 g/mol. The Balaban J connectivity index is 1.87. The van der Waals surface area contributed by atoms with Crippen molar-refractivity contribution in [3.63, 3.8) is 0 Å². The summed E-state index contributed by atoms with van der Waals surface area (Å²) in [6, 6.07) is 4.83. The average Bonchev–Trinajstić information content (AvgIpc) is 3.29. The van der Waals surface area contributed by atoms with Gasteiger partial charge in [-0.05, 0) is 31.0 Å². The number of rotatable bonds is 2. The van der Waals surface area contributed by atoms with Crippen molar-refractivity contribution in [2.45, 2.75) is 31.7 Å². The van der Waals surface area contributed by atoms with Gasteiger partial charge in [-0.2, -0.15) is 0 Å². The lowest BCUT2D eigenvalue weighted by Gasteiger charge is -2.20. The number of hydrogen-bond acceptors (Lipinski definition) is 3. The SMILES string of the molecule is Fc1cc(Br)cc(-c2nc3c(c(C4CC4)n2)CNCC3)c1. The molecule has 0 amide bonds. The summed E-state index contributed by atoms with van der Waals surface area (Å²) >= 11 is 3.34. The third-order valence-electron chi connectivity index (χ3n) is 4.05. The van der Waals surface area contributed by atoms with Gasteiger partial charge in [0.15, 0.2) is 5.82 Å². The van der Waals surface area contributed by atoms with Gasteiger partial charge in [0.25, 0.3) is 0 Å². The molecule has 3 nitrogen and oxygen atoms in total. The Morgan fingerprint density at radius 2 is 2.05 bits per heavy atom. The summed E-state index contributed by atoms with van der Waals surface area (Å²) in [5.74, 6) is 0.950. The molecule has 0 atom stereocenters. The molecule has 1 saturated carbocycles. The molecule has 1 aliphatic carbocycles. The number of nitrogens with one attached hydrogen (secondary N) is 1. The van der Waals surface area contributed by atoms with Crippen LogP contribution in [0.5, 0.6) is 0 Å². The molecule has 2 aromatic rings. The number of halogens is 2. The highest BCUT2D eigenvalue weighted by Crippen LogP contribution is 2.42. The van der Waals surface area contributed by atoms with Gasteiger partial charge in [0.05, 0.1) is 11.4 Å². The topological polar surface area (TPSA) is 37.8 Å². The van der Waals surface area contributed by atoms with Crippen molar-refractivity contribution in [1.29, 1.82) is 0 Å². The highest BCUT2D eigenvalue weighted by Gasteiger charge is 2.30. The lowest BCUT2D eigenvalue weighted by Crippen LogP contribution is -2.26. The summed E-state index contributed by atoms with van der Waals surface area (Å²) in [5.41, 5.74) is 4.30. The molecule has 21 heavy (non-hydrogen) atoms. The van der Waals surface area contributed by atoms with Gasteiger partial charge in [0, 0.05) is 41.0 Å². The Labute approximate surface area is 131 Å². The zero-order valence-corrected chi connectivity index (χ0v) is 13.1. The largest absolute Gasteiger partial charge is 0.312 e. The fraction of sp³-hybridized carbons (Fsp3) is 0.375. The number of aromatic nitrogens is 2. The molecule has 4 rings (SSSR count). The number of fused-ring (bicyclic) bond motifs is 1. The Morgan fingerprint density at radius 1 is 1.19 bits per heavy atom. The molecule has 108 valence electrons. The van der Waals surface area contributed by atoms with Crippen molar-refractivity contribution in [3.05, 3.63) is 45.4 Å². The predicted octanol–water partition coefficient (Wildman–Crippen LogP) is 3.57. The van der Waals surface area contributed by atoms with Gasteiger partial charge in [-0.1, -0.05) is 15.9 Å². The summed E-state index contributed by atoms with van der Waals surface area (Å²) < 4.78 is 14.3. The molecule has 1 aromatic heterocycles. The Bertz CT molecular complexity index is 693. The zero-order chi connectivity index (χ0) is 14.4. The molecule has 1 fully saturated rings. The fourth-order valence-electron chi connectivity index (χ4n) is 2.88. The molecular formula is C16H15BrFN3. The van der Waals surface area contributed by atoms with E-state index in [-0.39, 0.29) is 5.82 Å². The molecule has 1 aromatic carbocycles. The van der Waals surface area contributed by atoms with Gasteiger partial charge in [-0.25, -0.2) is 14.4 Å². The number of nitrogens with zero attached hydrogens (tertiary/aromatic N) is 2. The van der Waals surface area contributed by atoms with E-state index in [4.69, 9.17) is 9.97 Å². The maximum Gasteiger partial charge on any atom is 0.159 e. The monoisotopic (exact) mass is 347 g/mol. The molecule has 2 aliphatic rings.